The number of likely N-dealkylation sites (tertiary alicyclic amines) is 1. The summed E-state index contributed by atoms with van der Waals surface area (Å²) in [6.45, 7) is 7.48. The van der Waals surface area contributed by atoms with Gasteiger partial charge in [0, 0.05) is 29.8 Å². The predicted octanol–water partition coefficient (Wildman–Crippen LogP) is 7.17. The molecule has 9 nitrogen and oxygen atoms in total. The monoisotopic (exact) mass is 689 g/mol. The van der Waals surface area contributed by atoms with Crippen LogP contribution in [0.2, 0.25) is 0 Å². The molecule has 6 rings (SSSR count). The van der Waals surface area contributed by atoms with E-state index < -0.39 is 5.82 Å². The van der Waals surface area contributed by atoms with Crippen molar-refractivity contribution in [2.24, 2.45) is 0 Å². The minimum Gasteiger partial charge on any atom is -0.490 e. The number of benzene rings is 3. The van der Waals surface area contributed by atoms with Crippen molar-refractivity contribution in [2.45, 2.75) is 58.5 Å². The number of rotatable bonds is 11. The molecule has 1 fully saturated rings. The fourth-order valence-corrected chi connectivity index (χ4v) is 6.17. The third-order valence-corrected chi connectivity index (χ3v) is 8.75. The largest absolute Gasteiger partial charge is 0.490 e. The maximum atomic E-state index is 14.2. The van der Waals surface area contributed by atoms with E-state index in [1.54, 1.807) is 18.2 Å². The van der Waals surface area contributed by atoms with Crippen LogP contribution >= 0.6 is 15.9 Å². The van der Waals surface area contributed by atoms with Crippen molar-refractivity contribution in [3.8, 4) is 11.5 Å². The zero-order chi connectivity index (χ0) is 32.2. The Morgan fingerprint density at radius 1 is 1.07 bits per heavy atom. The summed E-state index contributed by atoms with van der Waals surface area (Å²) in [6.07, 6.45) is 5.57. The lowest BCUT2D eigenvalue weighted by Crippen LogP contribution is -2.38. The number of halogens is 2. The summed E-state index contributed by atoms with van der Waals surface area (Å²) in [5, 5.41) is 0. The molecule has 1 saturated heterocycles. The Hall–Kier alpha value is -4.22. The molecule has 240 valence electrons. The molecule has 1 aliphatic rings. The second-order valence-electron chi connectivity index (χ2n) is 11.8. The predicted molar refractivity (Wildman–Crippen MR) is 177 cm³/mol. The maximum absolute atomic E-state index is 14.2. The summed E-state index contributed by atoms with van der Waals surface area (Å²) in [5.41, 5.74) is 4.20. The Morgan fingerprint density at radius 2 is 1.89 bits per heavy atom. The molecule has 0 radical (unpaired) electrons. The van der Waals surface area contributed by atoms with E-state index >= 15 is 0 Å². The van der Waals surface area contributed by atoms with Crippen LogP contribution in [0.1, 0.15) is 60.2 Å². The van der Waals surface area contributed by atoms with Crippen LogP contribution in [-0.4, -0.2) is 56.3 Å². The standard InChI is InChI=1S/C35H37BrFN5O4/c1-23(2)42-22-38-18-27(42)19-41-32-16-25(35(43)44-3)7-9-31(32)39-34(41)20-40-13-11-28(12-14-40)46-29-6-4-5-24(15-29)21-45-33-10-8-26(36)17-30(33)37/h4-10,15-18,22-23,28H,11-14,19-21H2,1-3H3. The molecule has 3 aromatic carbocycles. The normalized spacial score (nSPS) is 14.2. The number of piperidine rings is 1. The van der Waals surface area contributed by atoms with Gasteiger partial charge in [0.2, 0.25) is 0 Å². The summed E-state index contributed by atoms with van der Waals surface area (Å²) in [6, 6.07) is 18.3. The van der Waals surface area contributed by atoms with Gasteiger partial charge in [-0.25, -0.2) is 19.2 Å². The van der Waals surface area contributed by atoms with Crippen molar-refractivity contribution < 1.29 is 23.4 Å². The highest BCUT2D eigenvalue weighted by Gasteiger charge is 2.24. The molecule has 2 aromatic heterocycles. The molecule has 0 spiro atoms. The minimum atomic E-state index is -0.405. The molecule has 1 aliphatic heterocycles. The van der Waals surface area contributed by atoms with E-state index in [0.717, 1.165) is 59.8 Å². The molecule has 46 heavy (non-hydrogen) atoms. The molecule has 0 bridgehead atoms. The van der Waals surface area contributed by atoms with Crippen molar-refractivity contribution in [1.29, 1.82) is 0 Å². The van der Waals surface area contributed by atoms with Crippen LogP contribution in [0.5, 0.6) is 11.5 Å². The third kappa shape index (κ3) is 7.26. The Labute approximate surface area is 276 Å². The molecule has 0 atom stereocenters. The van der Waals surface area contributed by atoms with Gasteiger partial charge in [-0.1, -0.05) is 28.1 Å². The zero-order valence-corrected chi connectivity index (χ0v) is 27.7. The number of ether oxygens (including phenoxy) is 3. The van der Waals surface area contributed by atoms with Crippen LogP contribution in [0, 0.1) is 5.82 Å². The minimum absolute atomic E-state index is 0.0816. The van der Waals surface area contributed by atoms with Crippen molar-refractivity contribution in [2.75, 3.05) is 20.2 Å². The van der Waals surface area contributed by atoms with Crippen LogP contribution in [0.15, 0.2) is 77.7 Å². The number of hydrogen-bond donors (Lipinski definition) is 0. The van der Waals surface area contributed by atoms with E-state index in [2.05, 4.69) is 48.8 Å². The van der Waals surface area contributed by atoms with Crippen LogP contribution in [-0.2, 0) is 24.4 Å². The summed E-state index contributed by atoms with van der Waals surface area (Å²) in [4.78, 5) is 24.1. The number of fused-ring (bicyclic) bond motifs is 1. The lowest BCUT2D eigenvalue weighted by Gasteiger charge is -2.32. The topological polar surface area (TPSA) is 83.6 Å². The second-order valence-corrected chi connectivity index (χ2v) is 12.7. The average Bonchev–Trinajstić information content (AvgIpc) is 3.66. The molecular formula is C35H37BrFN5O4. The number of nitrogens with zero attached hydrogens (tertiary/aromatic N) is 5. The van der Waals surface area contributed by atoms with Gasteiger partial charge < -0.3 is 23.3 Å². The van der Waals surface area contributed by atoms with Gasteiger partial charge in [-0.2, -0.15) is 0 Å². The summed E-state index contributed by atoms with van der Waals surface area (Å²) >= 11 is 3.27. The molecule has 11 heteroatoms. The van der Waals surface area contributed by atoms with Crippen LogP contribution < -0.4 is 9.47 Å². The molecule has 0 aliphatic carbocycles. The quantitative estimate of drug-likeness (QED) is 0.136. The van der Waals surface area contributed by atoms with Gasteiger partial charge in [-0.05, 0) is 80.8 Å². The molecule has 0 saturated carbocycles. The van der Waals surface area contributed by atoms with Gasteiger partial charge in [0.05, 0.1) is 48.8 Å². The van der Waals surface area contributed by atoms with Gasteiger partial charge in [0.25, 0.3) is 0 Å². The number of carbonyl (C=O) groups excluding carboxylic acids is 1. The first kappa shape index (κ1) is 31.7. The Bertz CT molecular complexity index is 1830. The first-order chi connectivity index (χ1) is 22.3. The summed E-state index contributed by atoms with van der Waals surface area (Å²) < 4.78 is 36.2. The van der Waals surface area contributed by atoms with Gasteiger partial charge in [-0.3, -0.25) is 4.90 Å². The Morgan fingerprint density at radius 3 is 2.65 bits per heavy atom. The fourth-order valence-electron chi connectivity index (χ4n) is 5.84. The van der Waals surface area contributed by atoms with E-state index in [4.69, 9.17) is 19.2 Å². The zero-order valence-electron chi connectivity index (χ0n) is 26.2. The van der Waals surface area contributed by atoms with Crippen LogP contribution in [0.3, 0.4) is 0 Å². The number of imidazole rings is 2. The van der Waals surface area contributed by atoms with Gasteiger partial charge >= 0.3 is 5.97 Å². The molecule has 0 amide bonds. The number of aromatic nitrogens is 4. The maximum Gasteiger partial charge on any atom is 0.337 e. The van der Waals surface area contributed by atoms with Crippen LogP contribution in [0.4, 0.5) is 4.39 Å². The number of esters is 1. The second kappa shape index (κ2) is 14.0. The number of hydrogen-bond acceptors (Lipinski definition) is 7. The molecule has 0 N–H and O–H groups in total. The highest BCUT2D eigenvalue weighted by Crippen LogP contribution is 2.26. The lowest BCUT2D eigenvalue weighted by atomic mass is 10.1. The van der Waals surface area contributed by atoms with Crippen molar-refractivity contribution in [3.05, 3.63) is 106 Å². The van der Waals surface area contributed by atoms with Crippen molar-refractivity contribution in [1.82, 2.24) is 24.0 Å². The first-order valence-corrected chi connectivity index (χ1v) is 16.2. The number of methoxy groups -OCH3 is 1. The molecular weight excluding hydrogens is 653 g/mol. The van der Waals surface area contributed by atoms with Crippen molar-refractivity contribution in [3.63, 3.8) is 0 Å². The molecule has 5 aromatic rings. The SMILES string of the molecule is COC(=O)c1ccc2nc(CN3CCC(Oc4cccc(COc5ccc(Br)cc5F)c4)CC3)n(Cc3cncn3C(C)C)c2c1. The highest BCUT2D eigenvalue weighted by molar-refractivity contribution is 9.10. The third-order valence-electron chi connectivity index (χ3n) is 8.26. The first-order valence-electron chi connectivity index (χ1n) is 15.4. The Kier molecular flexibility index (Phi) is 9.70. The summed E-state index contributed by atoms with van der Waals surface area (Å²) in [7, 11) is 1.39. The molecule has 3 heterocycles. The van der Waals surface area contributed by atoms with Gasteiger partial charge in [0.1, 0.15) is 24.3 Å². The van der Waals surface area contributed by atoms with E-state index in [-0.39, 0.29) is 30.5 Å². The Balaban J connectivity index is 1.12. The van der Waals surface area contributed by atoms with E-state index in [1.165, 1.54) is 13.2 Å². The van der Waals surface area contributed by atoms with E-state index in [0.29, 0.717) is 23.1 Å². The van der Waals surface area contributed by atoms with E-state index in [9.17, 15) is 9.18 Å². The van der Waals surface area contributed by atoms with E-state index in [1.807, 2.05) is 48.9 Å². The fraction of sp³-hybridized carbons (Fsp3) is 0.343. The average molecular weight is 691 g/mol. The highest BCUT2D eigenvalue weighted by atomic mass is 79.9. The smallest absolute Gasteiger partial charge is 0.337 e. The van der Waals surface area contributed by atoms with Gasteiger partial charge in [-0.15, -0.1) is 0 Å². The number of carbonyl (C=O) groups is 1. The van der Waals surface area contributed by atoms with Gasteiger partial charge in [0.15, 0.2) is 11.6 Å². The molecule has 0 unspecified atom stereocenters. The van der Waals surface area contributed by atoms with Crippen molar-refractivity contribution >= 4 is 32.9 Å². The lowest BCUT2D eigenvalue weighted by molar-refractivity contribution is 0.0601. The summed E-state index contributed by atoms with van der Waals surface area (Å²) in [5.74, 6) is 1.15. The van der Waals surface area contributed by atoms with Crippen LogP contribution in [0.25, 0.3) is 11.0 Å².